The van der Waals surface area contributed by atoms with Crippen molar-refractivity contribution in [2.45, 2.75) is 45.7 Å². The van der Waals surface area contributed by atoms with E-state index in [4.69, 9.17) is 4.74 Å². The standard InChI is InChI=1S/C14H18F4O/c1-3-5-6-7-10-8-9-11(19-4-2)13(15)12(10)14(16,17)18/h8-9H,3-7H2,1-2H3. The molecular weight excluding hydrogens is 260 g/mol. The average molecular weight is 278 g/mol. The lowest BCUT2D eigenvalue weighted by molar-refractivity contribution is -0.140. The first-order valence-corrected chi connectivity index (χ1v) is 6.43. The molecule has 108 valence electrons. The van der Waals surface area contributed by atoms with Crippen LogP contribution in [0.1, 0.15) is 44.2 Å². The van der Waals surface area contributed by atoms with Gasteiger partial charge in [0.15, 0.2) is 11.6 Å². The summed E-state index contributed by atoms with van der Waals surface area (Å²) in [5, 5.41) is 0. The smallest absolute Gasteiger partial charge is 0.419 e. The molecule has 0 bridgehead atoms. The molecule has 0 N–H and O–H groups in total. The fourth-order valence-electron chi connectivity index (χ4n) is 1.94. The second-order valence-corrected chi connectivity index (χ2v) is 4.30. The van der Waals surface area contributed by atoms with Crippen LogP contribution in [-0.4, -0.2) is 6.61 Å². The molecule has 0 radical (unpaired) electrons. The number of benzene rings is 1. The van der Waals surface area contributed by atoms with E-state index in [1.165, 1.54) is 12.1 Å². The van der Waals surface area contributed by atoms with E-state index in [2.05, 4.69) is 0 Å². The quantitative estimate of drug-likeness (QED) is 0.527. The van der Waals surface area contributed by atoms with Crippen molar-refractivity contribution in [2.24, 2.45) is 0 Å². The van der Waals surface area contributed by atoms with Crippen molar-refractivity contribution in [1.29, 1.82) is 0 Å². The van der Waals surface area contributed by atoms with Crippen molar-refractivity contribution in [1.82, 2.24) is 0 Å². The molecule has 0 fully saturated rings. The fourth-order valence-corrected chi connectivity index (χ4v) is 1.94. The van der Waals surface area contributed by atoms with Gasteiger partial charge in [-0.3, -0.25) is 0 Å². The first-order chi connectivity index (χ1) is 8.91. The van der Waals surface area contributed by atoms with Crippen molar-refractivity contribution < 1.29 is 22.3 Å². The van der Waals surface area contributed by atoms with Gasteiger partial charge in [0.05, 0.1) is 12.2 Å². The van der Waals surface area contributed by atoms with Crippen molar-refractivity contribution in [3.05, 3.63) is 29.1 Å². The summed E-state index contributed by atoms with van der Waals surface area (Å²) in [6.45, 7) is 3.69. The molecule has 0 atom stereocenters. The Balaban J connectivity index is 3.13. The van der Waals surface area contributed by atoms with E-state index in [9.17, 15) is 17.6 Å². The molecule has 1 nitrogen and oxygen atoms in total. The highest BCUT2D eigenvalue weighted by Crippen LogP contribution is 2.38. The number of halogens is 4. The minimum atomic E-state index is -4.70. The molecule has 19 heavy (non-hydrogen) atoms. The van der Waals surface area contributed by atoms with E-state index in [1.807, 2.05) is 6.92 Å². The normalized spacial score (nSPS) is 11.7. The third-order valence-corrected chi connectivity index (χ3v) is 2.83. The summed E-state index contributed by atoms with van der Waals surface area (Å²) in [7, 11) is 0. The Morgan fingerprint density at radius 1 is 1.11 bits per heavy atom. The zero-order valence-electron chi connectivity index (χ0n) is 11.1. The number of ether oxygens (including phenoxy) is 1. The first-order valence-electron chi connectivity index (χ1n) is 6.43. The van der Waals surface area contributed by atoms with Crippen molar-refractivity contribution in [3.63, 3.8) is 0 Å². The van der Waals surface area contributed by atoms with Crippen LogP contribution in [0.2, 0.25) is 0 Å². The lowest BCUT2D eigenvalue weighted by Crippen LogP contribution is -2.13. The highest BCUT2D eigenvalue weighted by atomic mass is 19.4. The van der Waals surface area contributed by atoms with Gasteiger partial charge in [-0.2, -0.15) is 13.2 Å². The number of alkyl halides is 3. The van der Waals surface area contributed by atoms with Crippen LogP contribution in [0.25, 0.3) is 0 Å². The van der Waals surface area contributed by atoms with Gasteiger partial charge in [0.2, 0.25) is 0 Å². The Bertz CT molecular complexity index is 413. The van der Waals surface area contributed by atoms with Gasteiger partial charge in [0.25, 0.3) is 0 Å². The lowest BCUT2D eigenvalue weighted by atomic mass is 10.00. The molecule has 0 amide bonds. The van der Waals surface area contributed by atoms with Crippen LogP contribution in [0.15, 0.2) is 12.1 Å². The van der Waals surface area contributed by atoms with E-state index in [1.54, 1.807) is 6.92 Å². The Labute approximate surface area is 110 Å². The fraction of sp³-hybridized carbons (Fsp3) is 0.571. The number of hydrogen-bond donors (Lipinski definition) is 0. The molecule has 0 aliphatic rings. The predicted octanol–water partition coefficient (Wildman–Crippen LogP) is 4.98. The van der Waals surface area contributed by atoms with Gasteiger partial charge >= 0.3 is 6.18 Å². The highest BCUT2D eigenvalue weighted by Gasteiger charge is 2.38. The van der Waals surface area contributed by atoms with Crippen molar-refractivity contribution in [2.75, 3.05) is 6.61 Å². The third-order valence-electron chi connectivity index (χ3n) is 2.83. The second kappa shape index (κ2) is 6.78. The molecule has 1 aromatic carbocycles. The summed E-state index contributed by atoms with van der Waals surface area (Å²) >= 11 is 0. The Kier molecular flexibility index (Phi) is 5.63. The topological polar surface area (TPSA) is 9.23 Å². The third kappa shape index (κ3) is 4.11. The van der Waals surface area contributed by atoms with Gasteiger partial charge < -0.3 is 4.74 Å². The molecule has 1 aromatic rings. The maximum Gasteiger partial charge on any atom is 0.419 e. The maximum absolute atomic E-state index is 13.9. The molecule has 0 saturated heterocycles. The van der Waals surface area contributed by atoms with Gasteiger partial charge in [0.1, 0.15) is 0 Å². The zero-order chi connectivity index (χ0) is 14.5. The van der Waals surface area contributed by atoms with E-state index in [0.717, 1.165) is 12.8 Å². The molecule has 0 aromatic heterocycles. The minimum absolute atomic E-state index is 0.00176. The van der Waals surface area contributed by atoms with Crippen LogP contribution >= 0.6 is 0 Å². The molecular formula is C14H18F4O. The van der Waals surface area contributed by atoms with Gasteiger partial charge in [-0.15, -0.1) is 0 Å². The van der Waals surface area contributed by atoms with Crippen LogP contribution in [-0.2, 0) is 12.6 Å². The molecule has 0 unspecified atom stereocenters. The molecule has 0 aliphatic carbocycles. The van der Waals surface area contributed by atoms with Crippen LogP contribution in [0.3, 0.4) is 0 Å². The number of hydrogen-bond acceptors (Lipinski definition) is 1. The van der Waals surface area contributed by atoms with Crippen LogP contribution in [0.5, 0.6) is 5.75 Å². The summed E-state index contributed by atoms with van der Waals surface area (Å²) in [6, 6.07) is 2.59. The summed E-state index contributed by atoms with van der Waals surface area (Å²) in [5.74, 6) is -1.64. The summed E-state index contributed by atoms with van der Waals surface area (Å²) in [5.41, 5.74) is -1.18. The van der Waals surface area contributed by atoms with Crippen molar-refractivity contribution >= 4 is 0 Å². The lowest BCUT2D eigenvalue weighted by Gasteiger charge is -2.16. The first kappa shape index (κ1) is 15.8. The maximum atomic E-state index is 13.9. The second-order valence-electron chi connectivity index (χ2n) is 4.30. The Morgan fingerprint density at radius 2 is 1.79 bits per heavy atom. The number of rotatable bonds is 6. The van der Waals surface area contributed by atoms with E-state index in [0.29, 0.717) is 6.42 Å². The predicted molar refractivity (Wildman–Crippen MR) is 65.8 cm³/mol. The molecule has 0 aliphatic heterocycles. The number of unbranched alkanes of at least 4 members (excludes halogenated alkanes) is 2. The van der Waals surface area contributed by atoms with E-state index >= 15 is 0 Å². The van der Waals surface area contributed by atoms with Crippen LogP contribution in [0.4, 0.5) is 17.6 Å². The summed E-state index contributed by atoms with van der Waals surface area (Å²) < 4.78 is 57.6. The monoisotopic (exact) mass is 278 g/mol. The largest absolute Gasteiger partial charge is 0.491 e. The molecule has 0 heterocycles. The van der Waals surface area contributed by atoms with Crippen molar-refractivity contribution in [3.8, 4) is 5.75 Å². The molecule has 0 spiro atoms. The average Bonchev–Trinajstić information content (AvgIpc) is 2.31. The van der Waals surface area contributed by atoms with E-state index in [-0.39, 0.29) is 24.3 Å². The Hall–Kier alpha value is -1.26. The van der Waals surface area contributed by atoms with Gasteiger partial charge in [-0.05, 0) is 31.4 Å². The highest BCUT2D eigenvalue weighted by molar-refractivity contribution is 5.39. The van der Waals surface area contributed by atoms with Gasteiger partial charge in [-0.1, -0.05) is 25.8 Å². The van der Waals surface area contributed by atoms with Crippen LogP contribution < -0.4 is 4.74 Å². The number of aryl methyl sites for hydroxylation is 1. The zero-order valence-corrected chi connectivity index (χ0v) is 11.1. The van der Waals surface area contributed by atoms with Gasteiger partial charge in [-0.25, -0.2) is 4.39 Å². The SMILES string of the molecule is CCCCCc1ccc(OCC)c(F)c1C(F)(F)F. The Morgan fingerprint density at radius 3 is 2.32 bits per heavy atom. The minimum Gasteiger partial charge on any atom is -0.491 e. The molecule has 5 heteroatoms. The van der Waals surface area contributed by atoms with Gasteiger partial charge in [0, 0.05) is 0 Å². The summed E-state index contributed by atoms with van der Waals surface area (Å²) in [4.78, 5) is 0. The van der Waals surface area contributed by atoms with Crippen LogP contribution in [0, 0.1) is 5.82 Å². The molecule has 0 saturated carbocycles. The molecule has 1 rings (SSSR count). The van der Waals surface area contributed by atoms with E-state index < -0.39 is 17.6 Å². The summed E-state index contributed by atoms with van der Waals surface area (Å²) in [6.07, 6.45) is -2.12.